The van der Waals surface area contributed by atoms with Crippen molar-refractivity contribution in [1.82, 2.24) is 0 Å². The van der Waals surface area contributed by atoms with Gasteiger partial charge in [-0.3, -0.25) is 4.79 Å². The van der Waals surface area contributed by atoms with Crippen molar-refractivity contribution < 1.29 is 14.6 Å². The van der Waals surface area contributed by atoms with Crippen LogP contribution >= 0.6 is 0 Å². The predicted molar refractivity (Wildman–Crippen MR) is 74.0 cm³/mol. The molecule has 0 amide bonds. The van der Waals surface area contributed by atoms with Gasteiger partial charge in [0.2, 0.25) is 0 Å². The van der Waals surface area contributed by atoms with E-state index in [1.807, 2.05) is 19.2 Å². The van der Waals surface area contributed by atoms with Crippen molar-refractivity contribution in [2.45, 2.75) is 18.8 Å². The van der Waals surface area contributed by atoms with E-state index >= 15 is 0 Å². The lowest BCUT2D eigenvalue weighted by molar-refractivity contribution is -0.138. The first-order valence-electron chi connectivity index (χ1n) is 6.44. The molecule has 1 aromatic carbocycles. The quantitative estimate of drug-likeness (QED) is 0.854. The van der Waals surface area contributed by atoms with E-state index in [4.69, 9.17) is 10.5 Å². The van der Waals surface area contributed by atoms with Crippen molar-refractivity contribution in [2.24, 2.45) is 5.73 Å². The maximum atomic E-state index is 11.3. The van der Waals surface area contributed by atoms with Gasteiger partial charge in [0.25, 0.3) is 0 Å². The lowest BCUT2D eigenvalue weighted by atomic mass is 9.91. The SMILES string of the molecule is COc1c(C(CN)C(=O)O)ccc2c1CCCN2C. The van der Waals surface area contributed by atoms with Gasteiger partial charge in [0, 0.05) is 37.0 Å². The molecule has 2 rings (SSSR count). The topological polar surface area (TPSA) is 75.8 Å². The third-order valence-electron chi connectivity index (χ3n) is 3.71. The lowest BCUT2D eigenvalue weighted by Gasteiger charge is -2.30. The van der Waals surface area contributed by atoms with E-state index in [9.17, 15) is 9.90 Å². The number of fused-ring (bicyclic) bond motifs is 1. The highest BCUT2D eigenvalue weighted by atomic mass is 16.5. The fourth-order valence-electron chi connectivity index (χ4n) is 2.72. The predicted octanol–water partition coefficient (Wildman–Crippen LogP) is 1.20. The number of rotatable bonds is 4. The number of hydrogen-bond acceptors (Lipinski definition) is 4. The number of nitrogens with zero attached hydrogens (tertiary/aromatic N) is 1. The summed E-state index contributed by atoms with van der Waals surface area (Å²) in [4.78, 5) is 13.5. The standard InChI is InChI=1S/C14H20N2O3/c1-16-7-3-4-10-12(16)6-5-9(13(10)19-2)11(8-15)14(17)18/h5-6,11H,3-4,7-8,15H2,1-2H3,(H,17,18). The molecule has 1 unspecified atom stereocenters. The number of hydrogen-bond donors (Lipinski definition) is 2. The number of nitrogens with two attached hydrogens (primary N) is 1. The minimum absolute atomic E-state index is 0.0698. The van der Waals surface area contributed by atoms with Crippen LogP contribution in [-0.4, -0.2) is 38.3 Å². The fourth-order valence-corrected chi connectivity index (χ4v) is 2.72. The first-order valence-corrected chi connectivity index (χ1v) is 6.44. The Morgan fingerprint density at radius 3 is 2.89 bits per heavy atom. The second-order valence-corrected chi connectivity index (χ2v) is 4.84. The Labute approximate surface area is 113 Å². The van der Waals surface area contributed by atoms with E-state index in [2.05, 4.69) is 4.90 Å². The second-order valence-electron chi connectivity index (χ2n) is 4.84. The molecule has 0 radical (unpaired) electrons. The number of carbonyl (C=O) groups is 1. The Morgan fingerprint density at radius 1 is 1.58 bits per heavy atom. The first-order chi connectivity index (χ1) is 9.10. The van der Waals surface area contributed by atoms with E-state index in [-0.39, 0.29) is 6.54 Å². The molecule has 1 atom stereocenters. The molecule has 1 aromatic rings. The van der Waals surface area contributed by atoms with E-state index in [0.29, 0.717) is 11.3 Å². The van der Waals surface area contributed by atoms with Gasteiger partial charge in [0.15, 0.2) is 0 Å². The Kier molecular flexibility index (Phi) is 3.95. The summed E-state index contributed by atoms with van der Waals surface area (Å²) in [5.41, 5.74) is 8.47. The number of benzene rings is 1. The number of aliphatic carboxylic acids is 1. The van der Waals surface area contributed by atoms with Crippen molar-refractivity contribution >= 4 is 11.7 Å². The molecule has 0 bridgehead atoms. The Morgan fingerprint density at radius 2 is 2.32 bits per heavy atom. The minimum Gasteiger partial charge on any atom is -0.496 e. The van der Waals surface area contributed by atoms with E-state index < -0.39 is 11.9 Å². The third-order valence-corrected chi connectivity index (χ3v) is 3.71. The van der Waals surface area contributed by atoms with Crippen LogP contribution in [0.5, 0.6) is 5.75 Å². The Hall–Kier alpha value is -1.75. The molecular formula is C14H20N2O3. The van der Waals surface area contributed by atoms with Gasteiger partial charge in [0.05, 0.1) is 13.0 Å². The number of anilines is 1. The summed E-state index contributed by atoms with van der Waals surface area (Å²) in [5, 5.41) is 9.26. The van der Waals surface area contributed by atoms with Gasteiger partial charge < -0.3 is 20.5 Å². The van der Waals surface area contributed by atoms with Crippen molar-refractivity contribution in [1.29, 1.82) is 0 Å². The highest BCUT2D eigenvalue weighted by molar-refractivity contribution is 5.79. The normalized spacial score (nSPS) is 15.8. The number of carboxylic acids is 1. The molecule has 0 saturated carbocycles. The van der Waals surface area contributed by atoms with Gasteiger partial charge in [-0.25, -0.2) is 0 Å². The van der Waals surface area contributed by atoms with Crippen LogP contribution in [0.4, 0.5) is 5.69 Å². The molecule has 19 heavy (non-hydrogen) atoms. The molecular weight excluding hydrogens is 244 g/mol. The molecule has 104 valence electrons. The van der Waals surface area contributed by atoms with Crippen molar-refractivity contribution in [3.05, 3.63) is 23.3 Å². The molecule has 5 heteroatoms. The zero-order chi connectivity index (χ0) is 14.0. The molecule has 1 aliphatic rings. The zero-order valence-electron chi connectivity index (χ0n) is 11.3. The summed E-state index contributed by atoms with van der Waals surface area (Å²) >= 11 is 0. The van der Waals surface area contributed by atoms with Crippen LogP contribution in [0.1, 0.15) is 23.5 Å². The number of methoxy groups -OCH3 is 1. The molecule has 5 nitrogen and oxygen atoms in total. The monoisotopic (exact) mass is 264 g/mol. The average Bonchev–Trinajstić information content (AvgIpc) is 2.39. The fraction of sp³-hybridized carbons (Fsp3) is 0.500. The van der Waals surface area contributed by atoms with Gasteiger partial charge in [0.1, 0.15) is 5.75 Å². The van der Waals surface area contributed by atoms with Crippen LogP contribution in [0.25, 0.3) is 0 Å². The summed E-state index contributed by atoms with van der Waals surface area (Å²) in [6, 6.07) is 3.79. The highest BCUT2D eigenvalue weighted by Crippen LogP contribution is 2.39. The summed E-state index contributed by atoms with van der Waals surface area (Å²) in [7, 11) is 3.62. The molecule has 0 aromatic heterocycles. The molecule has 0 spiro atoms. The van der Waals surface area contributed by atoms with Crippen LogP contribution in [0, 0.1) is 0 Å². The third kappa shape index (κ3) is 2.38. The van der Waals surface area contributed by atoms with Crippen molar-refractivity contribution in [3.8, 4) is 5.75 Å². The summed E-state index contributed by atoms with van der Waals surface area (Å²) in [6.45, 7) is 1.08. The lowest BCUT2D eigenvalue weighted by Crippen LogP contribution is -2.27. The van der Waals surface area contributed by atoms with Crippen molar-refractivity contribution in [3.63, 3.8) is 0 Å². The zero-order valence-corrected chi connectivity index (χ0v) is 11.3. The average molecular weight is 264 g/mol. The van der Waals surface area contributed by atoms with Crippen LogP contribution in [0.2, 0.25) is 0 Å². The van der Waals surface area contributed by atoms with E-state index in [0.717, 1.165) is 30.6 Å². The van der Waals surface area contributed by atoms with E-state index in [1.54, 1.807) is 7.11 Å². The van der Waals surface area contributed by atoms with Crippen LogP contribution < -0.4 is 15.4 Å². The van der Waals surface area contributed by atoms with Gasteiger partial charge >= 0.3 is 5.97 Å². The largest absolute Gasteiger partial charge is 0.496 e. The first kappa shape index (κ1) is 13.7. The molecule has 0 saturated heterocycles. The summed E-state index contributed by atoms with van der Waals surface area (Å²) in [6.07, 6.45) is 1.96. The Bertz CT molecular complexity index is 488. The number of carboxylic acid groups (broad SMARTS) is 1. The Balaban J connectivity index is 2.54. The highest BCUT2D eigenvalue weighted by Gasteiger charge is 2.27. The molecule has 1 heterocycles. The van der Waals surface area contributed by atoms with Crippen LogP contribution in [-0.2, 0) is 11.2 Å². The maximum Gasteiger partial charge on any atom is 0.312 e. The van der Waals surface area contributed by atoms with Gasteiger partial charge in [-0.1, -0.05) is 6.07 Å². The molecule has 0 aliphatic carbocycles. The smallest absolute Gasteiger partial charge is 0.312 e. The molecule has 3 N–H and O–H groups in total. The summed E-state index contributed by atoms with van der Waals surface area (Å²) in [5.74, 6) is -0.945. The van der Waals surface area contributed by atoms with Crippen LogP contribution in [0.3, 0.4) is 0 Å². The molecule has 1 aliphatic heterocycles. The number of ether oxygens (including phenoxy) is 1. The van der Waals surface area contributed by atoms with Gasteiger partial charge in [-0.05, 0) is 18.9 Å². The minimum atomic E-state index is -0.912. The second kappa shape index (κ2) is 5.48. The van der Waals surface area contributed by atoms with Crippen molar-refractivity contribution in [2.75, 3.05) is 32.1 Å². The van der Waals surface area contributed by atoms with Gasteiger partial charge in [-0.15, -0.1) is 0 Å². The van der Waals surface area contributed by atoms with Crippen LogP contribution in [0.15, 0.2) is 12.1 Å². The van der Waals surface area contributed by atoms with Gasteiger partial charge in [-0.2, -0.15) is 0 Å². The molecule has 0 fully saturated rings. The van der Waals surface area contributed by atoms with E-state index in [1.165, 1.54) is 0 Å². The maximum absolute atomic E-state index is 11.3. The summed E-state index contributed by atoms with van der Waals surface area (Å²) < 4.78 is 5.48.